The van der Waals surface area contributed by atoms with Crippen LogP contribution in [0, 0.1) is 0 Å². The highest BCUT2D eigenvalue weighted by molar-refractivity contribution is 6.37. The molecule has 4 heteroatoms. The Morgan fingerprint density at radius 3 is 2.39 bits per heavy atom. The van der Waals surface area contributed by atoms with Crippen molar-refractivity contribution in [1.82, 2.24) is 4.90 Å². The molecule has 0 N–H and O–H groups in total. The van der Waals surface area contributed by atoms with Crippen molar-refractivity contribution in [2.45, 2.75) is 25.7 Å². The van der Waals surface area contributed by atoms with Gasteiger partial charge in [0, 0.05) is 6.54 Å². The van der Waals surface area contributed by atoms with Gasteiger partial charge < -0.3 is 9.64 Å². The lowest BCUT2D eigenvalue weighted by molar-refractivity contribution is 0.205. The summed E-state index contributed by atoms with van der Waals surface area (Å²) in [6, 6.07) is 5.42. The predicted octanol–water partition coefficient (Wildman–Crippen LogP) is 4.25. The zero-order valence-corrected chi connectivity index (χ0v) is 12.0. The molecule has 0 spiro atoms. The summed E-state index contributed by atoms with van der Waals surface area (Å²) < 4.78 is 5.67. The number of hydrogen-bond acceptors (Lipinski definition) is 2. The minimum absolute atomic E-state index is 0.584. The van der Waals surface area contributed by atoms with E-state index >= 15 is 0 Å². The van der Waals surface area contributed by atoms with Gasteiger partial charge in [0.2, 0.25) is 0 Å². The Morgan fingerprint density at radius 2 is 1.72 bits per heavy atom. The van der Waals surface area contributed by atoms with Crippen molar-refractivity contribution in [3.8, 4) is 5.75 Å². The van der Waals surface area contributed by atoms with Gasteiger partial charge in [-0.05, 0) is 44.5 Å². The van der Waals surface area contributed by atoms with Gasteiger partial charge in [-0.25, -0.2) is 0 Å². The first kappa shape index (κ1) is 14.0. The van der Waals surface area contributed by atoms with Crippen LogP contribution in [-0.4, -0.2) is 31.1 Å². The van der Waals surface area contributed by atoms with Crippen LogP contribution in [0.4, 0.5) is 0 Å². The highest BCUT2D eigenvalue weighted by Crippen LogP contribution is 2.32. The maximum Gasteiger partial charge on any atom is 0.156 e. The maximum absolute atomic E-state index is 6.04. The fourth-order valence-electron chi connectivity index (χ4n) is 2.27. The quantitative estimate of drug-likeness (QED) is 0.751. The van der Waals surface area contributed by atoms with E-state index in [1.807, 2.05) is 6.07 Å². The Balaban J connectivity index is 1.71. The summed E-state index contributed by atoms with van der Waals surface area (Å²) in [6.45, 7) is 4.22. The molecule has 1 aromatic rings. The van der Waals surface area contributed by atoms with Crippen molar-refractivity contribution in [2.75, 3.05) is 26.2 Å². The van der Waals surface area contributed by atoms with Crippen LogP contribution in [-0.2, 0) is 0 Å². The minimum atomic E-state index is 0.584. The highest BCUT2D eigenvalue weighted by Gasteiger charge is 2.10. The number of para-hydroxylation sites is 1. The lowest BCUT2D eigenvalue weighted by Crippen LogP contribution is -2.31. The van der Waals surface area contributed by atoms with Crippen LogP contribution in [0.1, 0.15) is 25.7 Å². The molecule has 1 fully saturated rings. The van der Waals surface area contributed by atoms with Crippen molar-refractivity contribution < 1.29 is 4.74 Å². The summed E-state index contributed by atoms with van der Waals surface area (Å²) in [4.78, 5) is 2.50. The number of benzene rings is 1. The van der Waals surface area contributed by atoms with Gasteiger partial charge in [0.1, 0.15) is 0 Å². The summed E-state index contributed by atoms with van der Waals surface area (Å²) in [5.41, 5.74) is 0. The van der Waals surface area contributed by atoms with E-state index in [2.05, 4.69) is 4.90 Å². The molecule has 0 unspecified atom stereocenters. The molecule has 100 valence electrons. The van der Waals surface area contributed by atoms with Gasteiger partial charge in [0.25, 0.3) is 0 Å². The second kappa shape index (κ2) is 7.22. The van der Waals surface area contributed by atoms with Gasteiger partial charge in [0.05, 0.1) is 16.7 Å². The number of piperidine rings is 1. The van der Waals surface area contributed by atoms with Crippen molar-refractivity contribution in [3.05, 3.63) is 28.2 Å². The standard InChI is InChI=1S/C14H19Cl2NO/c15-12-6-4-7-13(16)14(12)18-11-5-10-17-8-2-1-3-9-17/h4,6-7H,1-3,5,8-11H2. The molecule has 0 saturated carbocycles. The molecule has 0 aromatic heterocycles. The Morgan fingerprint density at radius 1 is 1.06 bits per heavy atom. The third-order valence-electron chi connectivity index (χ3n) is 3.23. The predicted molar refractivity (Wildman–Crippen MR) is 76.9 cm³/mol. The molecule has 2 rings (SSSR count). The Hall–Kier alpha value is -0.440. The van der Waals surface area contributed by atoms with Gasteiger partial charge in [-0.2, -0.15) is 0 Å². The average molecular weight is 288 g/mol. The summed E-state index contributed by atoms with van der Waals surface area (Å²) in [6.07, 6.45) is 5.05. The van der Waals surface area contributed by atoms with Crippen LogP contribution >= 0.6 is 23.2 Å². The van der Waals surface area contributed by atoms with Gasteiger partial charge in [0.15, 0.2) is 5.75 Å². The molecule has 0 radical (unpaired) electrons. The van der Waals surface area contributed by atoms with E-state index in [0.717, 1.165) is 13.0 Å². The summed E-state index contributed by atoms with van der Waals surface area (Å²) in [7, 11) is 0. The van der Waals surface area contributed by atoms with E-state index in [1.54, 1.807) is 12.1 Å². The highest BCUT2D eigenvalue weighted by atomic mass is 35.5. The first-order valence-corrected chi connectivity index (χ1v) is 7.32. The Bertz CT molecular complexity index is 358. The molecular formula is C14H19Cl2NO. The largest absolute Gasteiger partial charge is 0.490 e. The van der Waals surface area contributed by atoms with E-state index in [4.69, 9.17) is 27.9 Å². The smallest absolute Gasteiger partial charge is 0.156 e. The molecule has 0 atom stereocenters. The first-order chi connectivity index (χ1) is 8.77. The van der Waals surface area contributed by atoms with Crippen molar-refractivity contribution in [1.29, 1.82) is 0 Å². The molecular weight excluding hydrogens is 269 g/mol. The Labute approximate surface area is 119 Å². The van der Waals surface area contributed by atoms with Gasteiger partial charge >= 0.3 is 0 Å². The molecule has 1 heterocycles. The second-order valence-electron chi connectivity index (χ2n) is 4.66. The lowest BCUT2D eigenvalue weighted by Gasteiger charge is -2.26. The van der Waals surface area contributed by atoms with Crippen LogP contribution in [0.2, 0.25) is 10.0 Å². The number of likely N-dealkylation sites (tertiary alicyclic amines) is 1. The fraction of sp³-hybridized carbons (Fsp3) is 0.571. The zero-order chi connectivity index (χ0) is 12.8. The molecule has 0 aliphatic carbocycles. The van der Waals surface area contributed by atoms with E-state index < -0.39 is 0 Å². The van der Waals surface area contributed by atoms with Gasteiger partial charge in [-0.3, -0.25) is 0 Å². The van der Waals surface area contributed by atoms with E-state index in [0.29, 0.717) is 22.4 Å². The monoisotopic (exact) mass is 287 g/mol. The van der Waals surface area contributed by atoms with E-state index in [1.165, 1.54) is 32.4 Å². The Kier molecular flexibility index (Phi) is 5.61. The summed E-state index contributed by atoms with van der Waals surface area (Å²) >= 11 is 12.1. The summed E-state index contributed by atoms with van der Waals surface area (Å²) in [5.74, 6) is 0.611. The molecule has 2 nitrogen and oxygen atoms in total. The molecule has 1 saturated heterocycles. The molecule has 0 amide bonds. The van der Waals surface area contributed by atoms with Crippen LogP contribution in [0.5, 0.6) is 5.75 Å². The van der Waals surface area contributed by atoms with Crippen molar-refractivity contribution in [2.24, 2.45) is 0 Å². The lowest BCUT2D eigenvalue weighted by atomic mass is 10.1. The van der Waals surface area contributed by atoms with Gasteiger partial charge in [-0.1, -0.05) is 35.7 Å². The number of hydrogen-bond donors (Lipinski definition) is 0. The van der Waals surface area contributed by atoms with Crippen LogP contribution in [0.15, 0.2) is 18.2 Å². The third-order valence-corrected chi connectivity index (χ3v) is 3.83. The summed E-state index contributed by atoms with van der Waals surface area (Å²) in [5, 5.41) is 1.17. The molecule has 1 aliphatic rings. The number of nitrogens with zero attached hydrogens (tertiary/aromatic N) is 1. The second-order valence-corrected chi connectivity index (χ2v) is 5.47. The minimum Gasteiger partial charge on any atom is -0.490 e. The maximum atomic E-state index is 6.04. The van der Waals surface area contributed by atoms with Crippen molar-refractivity contribution in [3.63, 3.8) is 0 Å². The molecule has 0 bridgehead atoms. The van der Waals surface area contributed by atoms with E-state index in [9.17, 15) is 0 Å². The van der Waals surface area contributed by atoms with Gasteiger partial charge in [-0.15, -0.1) is 0 Å². The number of rotatable bonds is 5. The topological polar surface area (TPSA) is 12.5 Å². The van der Waals surface area contributed by atoms with Crippen LogP contribution in [0.25, 0.3) is 0 Å². The average Bonchev–Trinajstić information content (AvgIpc) is 2.38. The molecule has 18 heavy (non-hydrogen) atoms. The van der Waals surface area contributed by atoms with Crippen LogP contribution < -0.4 is 4.74 Å². The molecule has 1 aromatic carbocycles. The van der Waals surface area contributed by atoms with Crippen LogP contribution in [0.3, 0.4) is 0 Å². The number of ether oxygens (including phenoxy) is 1. The van der Waals surface area contributed by atoms with E-state index in [-0.39, 0.29) is 0 Å². The first-order valence-electron chi connectivity index (χ1n) is 6.56. The number of halogens is 2. The molecule has 1 aliphatic heterocycles. The van der Waals surface area contributed by atoms with Crippen molar-refractivity contribution >= 4 is 23.2 Å². The third kappa shape index (κ3) is 4.04. The fourth-order valence-corrected chi connectivity index (χ4v) is 2.77. The zero-order valence-electron chi connectivity index (χ0n) is 10.5. The SMILES string of the molecule is Clc1cccc(Cl)c1OCCCN1CCCCC1. The normalized spacial score (nSPS) is 16.8.